The lowest BCUT2D eigenvalue weighted by Crippen LogP contribution is -2.46. The van der Waals surface area contributed by atoms with Gasteiger partial charge >= 0.3 is 5.97 Å². The molecule has 0 bridgehead atoms. The van der Waals surface area contributed by atoms with Gasteiger partial charge in [0.25, 0.3) is 0 Å². The molecule has 1 amide bonds. The number of carbonyl (C=O) groups is 2. The summed E-state index contributed by atoms with van der Waals surface area (Å²) in [6, 6.07) is 0.277. The maximum atomic E-state index is 12.1. The third-order valence-electron chi connectivity index (χ3n) is 3.83. The van der Waals surface area contributed by atoms with Crippen LogP contribution < -0.4 is 0 Å². The Kier molecular flexibility index (Phi) is 2.91. The van der Waals surface area contributed by atoms with E-state index in [1.165, 1.54) is 0 Å². The fourth-order valence-corrected chi connectivity index (χ4v) is 2.55. The molecule has 1 heterocycles. The van der Waals surface area contributed by atoms with Crippen LogP contribution in [-0.4, -0.2) is 34.5 Å². The summed E-state index contributed by atoms with van der Waals surface area (Å²) in [6.45, 7) is 5.00. The monoisotopic (exact) mass is 225 g/mol. The Morgan fingerprint density at radius 3 is 2.44 bits per heavy atom. The summed E-state index contributed by atoms with van der Waals surface area (Å²) in [6.07, 6.45) is 2.74. The van der Waals surface area contributed by atoms with Gasteiger partial charge in [0.15, 0.2) is 0 Å². The topological polar surface area (TPSA) is 57.6 Å². The third kappa shape index (κ3) is 2.06. The van der Waals surface area contributed by atoms with Crippen molar-refractivity contribution in [2.24, 2.45) is 17.8 Å². The van der Waals surface area contributed by atoms with Crippen molar-refractivity contribution in [3.05, 3.63) is 0 Å². The van der Waals surface area contributed by atoms with E-state index in [1.54, 1.807) is 0 Å². The second-order valence-electron chi connectivity index (χ2n) is 5.31. The minimum Gasteiger partial charge on any atom is -0.481 e. The summed E-state index contributed by atoms with van der Waals surface area (Å²) in [4.78, 5) is 24.7. The molecule has 90 valence electrons. The van der Waals surface area contributed by atoms with E-state index in [1.807, 2.05) is 4.90 Å². The molecule has 1 aliphatic heterocycles. The highest BCUT2D eigenvalue weighted by molar-refractivity contribution is 5.89. The predicted octanol–water partition coefficient (Wildman–Crippen LogP) is 1.35. The SMILES string of the molecule is CC1CCC(C)N(C(=O)C2CC2C(=O)O)C1. The van der Waals surface area contributed by atoms with E-state index in [-0.39, 0.29) is 17.9 Å². The zero-order chi connectivity index (χ0) is 11.9. The van der Waals surface area contributed by atoms with Gasteiger partial charge in [0, 0.05) is 12.6 Å². The van der Waals surface area contributed by atoms with Crippen molar-refractivity contribution in [2.75, 3.05) is 6.54 Å². The van der Waals surface area contributed by atoms with E-state index < -0.39 is 11.9 Å². The predicted molar refractivity (Wildman–Crippen MR) is 58.8 cm³/mol. The molecule has 2 rings (SSSR count). The Morgan fingerprint density at radius 2 is 1.88 bits per heavy atom. The van der Waals surface area contributed by atoms with E-state index in [9.17, 15) is 9.59 Å². The van der Waals surface area contributed by atoms with Crippen LogP contribution in [0.4, 0.5) is 0 Å². The van der Waals surface area contributed by atoms with Gasteiger partial charge in [-0.2, -0.15) is 0 Å². The molecular formula is C12H19NO3. The summed E-state index contributed by atoms with van der Waals surface area (Å²) in [5.41, 5.74) is 0. The lowest BCUT2D eigenvalue weighted by molar-refractivity contribution is -0.143. The van der Waals surface area contributed by atoms with E-state index in [2.05, 4.69) is 13.8 Å². The summed E-state index contributed by atoms with van der Waals surface area (Å²) in [7, 11) is 0. The number of likely N-dealkylation sites (tertiary alicyclic amines) is 1. The first-order chi connectivity index (χ1) is 7.50. The smallest absolute Gasteiger partial charge is 0.307 e. The molecule has 4 heteroatoms. The van der Waals surface area contributed by atoms with E-state index in [0.29, 0.717) is 12.3 Å². The fourth-order valence-electron chi connectivity index (χ4n) is 2.55. The largest absolute Gasteiger partial charge is 0.481 e. The molecule has 2 aliphatic rings. The van der Waals surface area contributed by atoms with E-state index >= 15 is 0 Å². The van der Waals surface area contributed by atoms with Gasteiger partial charge in [0.05, 0.1) is 11.8 Å². The van der Waals surface area contributed by atoms with Crippen LogP contribution in [-0.2, 0) is 9.59 Å². The molecule has 1 N–H and O–H groups in total. The molecular weight excluding hydrogens is 206 g/mol. The van der Waals surface area contributed by atoms with Crippen LogP contribution in [0.2, 0.25) is 0 Å². The van der Waals surface area contributed by atoms with Gasteiger partial charge in [-0.15, -0.1) is 0 Å². The number of nitrogens with zero attached hydrogens (tertiary/aromatic N) is 1. The standard InChI is InChI=1S/C12H19NO3/c1-7-3-4-8(2)13(6-7)11(14)9-5-10(9)12(15)16/h7-10H,3-6H2,1-2H3,(H,15,16). The van der Waals surface area contributed by atoms with Crippen LogP contribution in [0, 0.1) is 17.8 Å². The van der Waals surface area contributed by atoms with Crippen molar-refractivity contribution >= 4 is 11.9 Å². The molecule has 0 radical (unpaired) electrons. The van der Waals surface area contributed by atoms with Crippen molar-refractivity contribution in [1.82, 2.24) is 4.90 Å². The quantitative estimate of drug-likeness (QED) is 0.771. The van der Waals surface area contributed by atoms with Gasteiger partial charge in [-0.25, -0.2) is 0 Å². The Labute approximate surface area is 95.6 Å². The first-order valence-electron chi connectivity index (χ1n) is 6.04. The van der Waals surface area contributed by atoms with Crippen molar-refractivity contribution in [3.8, 4) is 0 Å². The number of rotatable bonds is 2. The molecule has 4 nitrogen and oxygen atoms in total. The Hall–Kier alpha value is -1.06. The summed E-state index contributed by atoms with van der Waals surface area (Å²) in [5, 5.41) is 8.82. The van der Waals surface area contributed by atoms with Crippen molar-refractivity contribution < 1.29 is 14.7 Å². The number of amides is 1. The Bertz CT molecular complexity index is 315. The normalized spacial score (nSPS) is 38.2. The van der Waals surface area contributed by atoms with Gasteiger partial charge < -0.3 is 10.0 Å². The summed E-state index contributed by atoms with van der Waals surface area (Å²) in [5.74, 6) is -0.883. The lowest BCUT2D eigenvalue weighted by Gasteiger charge is -2.37. The molecule has 1 saturated carbocycles. The van der Waals surface area contributed by atoms with Gasteiger partial charge in [-0.05, 0) is 32.1 Å². The molecule has 0 aromatic rings. The number of carboxylic acid groups (broad SMARTS) is 1. The number of aliphatic carboxylic acids is 1. The minimum absolute atomic E-state index is 0.0615. The van der Waals surface area contributed by atoms with Gasteiger partial charge in [0.1, 0.15) is 0 Å². The number of carboxylic acids is 1. The highest BCUT2D eigenvalue weighted by Crippen LogP contribution is 2.41. The molecule has 4 unspecified atom stereocenters. The van der Waals surface area contributed by atoms with Crippen LogP contribution in [0.5, 0.6) is 0 Å². The van der Waals surface area contributed by atoms with E-state index in [0.717, 1.165) is 19.4 Å². The Morgan fingerprint density at radius 1 is 1.19 bits per heavy atom. The average Bonchev–Trinajstić information content (AvgIpc) is 3.00. The van der Waals surface area contributed by atoms with Gasteiger partial charge in [0.2, 0.25) is 5.91 Å². The molecule has 0 aromatic carbocycles. The van der Waals surface area contributed by atoms with Gasteiger partial charge in [-0.1, -0.05) is 6.92 Å². The van der Waals surface area contributed by atoms with Gasteiger partial charge in [-0.3, -0.25) is 9.59 Å². The average molecular weight is 225 g/mol. The molecule has 4 atom stereocenters. The second-order valence-corrected chi connectivity index (χ2v) is 5.31. The van der Waals surface area contributed by atoms with Crippen LogP contribution >= 0.6 is 0 Å². The maximum absolute atomic E-state index is 12.1. The van der Waals surface area contributed by atoms with Crippen molar-refractivity contribution in [3.63, 3.8) is 0 Å². The second kappa shape index (κ2) is 4.07. The first kappa shape index (κ1) is 11.4. The number of piperidine rings is 1. The summed E-state index contributed by atoms with van der Waals surface area (Å²) < 4.78 is 0. The molecule has 16 heavy (non-hydrogen) atoms. The fraction of sp³-hybridized carbons (Fsp3) is 0.833. The van der Waals surface area contributed by atoms with E-state index in [4.69, 9.17) is 5.11 Å². The zero-order valence-corrected chi connectivity index (χ0v) is 9.85. The van der Waals surface area contributed by atoms with Crippen LogP contribution in [0.25, 0.3) is 0 Å². The molecule has 0 spiro atoms. The van der Waals surface area contributed by atoms with Crippen molar-refractivity contribution in [2.45, 2.75) is 39.2 Å². The van der Waals surface area contributed by atoms with Crippen molar-refractivity contribution in [1.29, 1.82) is 0 Å². The van der Waals surface area contributed by atoms with Crippen LogP contribution in [0.1, 0.15) is 33.1 Å². The number of carbonyl (C=O) groups excluding carboxylic acids is 1. The molecule has 1 saturated heterocycles. The number of hydrogen-bond donors (Lipinski definition) is 1. The maximum Gasteiger partial charge on any atom is 0.307 e. The molecule has 1 aliphatic carbocycles. The lowest BCUT2D eigenvalue weighted by atomic mass is 9.94. The first-order valence-corrected chi connectivity index (χ1v) is 6.04. The van der Waals surface area contributed by atoms with Crippen LogP contribution in [0.15, 0.2) is 0 Å². The molecule has 0 aromatic heterocycles. The zero-order valence-electron chi connectivity index (χ0n) is 9.85. The Balaban J connectivity index is 1.96. The van der Waals surface area contributed by atoms with Crippen LogP contribution in [0.3, 0.4) is 0 Å². The highest BCUT2D eigenvalue weighted by atomic mass is 16.4. The summed E-state index contributed by atoms with van der Waals surface area (Å²) >= 11 is 0. The third-order valence-corrected chi connectivity index (χ3v) is 3.83. The highest BCUT2D eigenvalue weighted by Gasteiger charge is 2.50. The number of hydrogen-bond acceptors (Lipinski definition) is 2. The molecule has 2 fully saturated rings. The minimum atomic E-state index is -0.823.